The highest BCUT2D eigenvalue weighted by atomic mass is 16.6. The molecular weight excluding hydrogens is 452 g/mol. The summed E-state index contributed by atoms with van der Waals surface area (Å²) in [5, 5.41) is 14.0. The van der Waals surface area contributed by atoms with Gasteiger partial charge in [0.1, 0.15) is 24.8 Å². The third-order valence-corrected chi connectivity index (χ3v) is 5.43. The first kappa shape index (κ1) is 25.7. The molecule has 9 nitrogen and oxygen atoms in total. The number of carbonyl (C=O) groups is 4. The molecule has 1 aliphatic rings. The summed E-state index contributed by atoms with van der Waals surface area (Å²) in [6.45, 7) is 4.74. The van der Waals surface area contributed by atoms with Gasteiger partial charge >= 0.3 is 18.0 Å². The molecule has 1 aliphatic carbocycles. The number of benzene rings is 2. The van der Waals surface area contributed by atoms with Gasteiger partial charge in [-0.2, -0.15) is 0 Å². The van der Waals surface area contributed by atoms with Crippen LogP contribution in [0, 0.1) is 0 Å². The van der Waals surface area contributed by atoms with Crippen molar-refractivity contribution in [2.45, 2.75) is 51.2 Å². The molecule has 0 bridgehead atoms. The number of amides is 2. The highest BCUT2D eigenvalue weighted by Crippen LogP contribution is 2.44. The van der Waals surface area contributed by atoms with Crippen molar-refractivity contribution in [1.29, 1.82) is 0 Å². The van der Waals surface area contributed by atoms with Crippen molar-refractivity contribution >= 4 is 23.9 Å². The molecule has 186 valence electrons. The van der Waals surface area contributed by atoms with Gasteiger partial charge in [-0.05, 0) is 49.4 Å². The van der Waals surface area contributed by atoms with Crippen molar-refractivity contribution in [2.24, 2.45) is 0 Å². The van der Waals surface area contributed by atoms with Crippen molar-refractivity contribution < 1.29 is 33.8 Å². The number of hydrogen-bond acceptors (Lipinski definition) is 6. The van der Waals surface area contributed by atoms with E-state index in [1.54, 1.807) is 20.8 Å². The number of nitrogens with one attached hydrogen (secondary N) is 2. The Bertz CT molecular complexity index is 1060. The Balaban J connectivity index is 1.47. The lowest BCUT2D eigenvalue weighted by Crippen LogP contribution is -2.46. The molecule has 0 fully saturated rings. The number of ether oxygens (including phenoxy) is 2. The lowest BCUT2D eigenvalue weighted by atomic mass is 9.98. The predicted octanol–water partition coefficient (Wildman–Crippen LogP) is 3.22. The zero-order valence-electron chi connectivity index (χ0n) is 20.0. The number of carbonyl (C=O) groups excluding carboxylic acids is 3. The molecule has 3 N–H and O–H groups in total. The number of rotatable bonds is 9. The van der Waals surface area contributed by atoms with Gasteiger partial charge in [0.25, 0.3) is 0 Å². The van der Waals surface area contributed by atoms with E-state index in [9.17, 15) is 24.3 Å². The van der Waals surface area contributed by atoms with Crippen molar-refractivity contribution in [1.82, 2.24) is 10.6 Å². The summed E-state index contributed by atoms with van der Waals surface area (Å²) in [5.41, 5.74) is 3.64. The normalized spacial score (nSPS) is 13.2. The molecule has 0 heterocycles. The molecule has 35 heavy (non-hydrogen) atoms. The van der Waals surface area contributed by atoms with Crippen LogP contribution in [-0.4, -0.2) is 53.8 Å². The zero-order chi connectivity index (χ0) is 25.6. The van der Waals surface area contributed by atoms with Crippen molar-refractivity contribution in [3.8, 4) is 11.1 Å². The minimum atomic E-state index is -1.29. The molecule has 1 atom stereocenters. The highest BCUT2D eigenvalue weighted by molar-refractivity contribution is 5.87. The van der Waals surface area contributed by atoms with Gasteiger partial charge < -0.3 is 25.2 Å². The van der Waals surface area contributed by atoms with E-state index in [0.717, 1.165) is 22.3 Å². The SMILES string of the molecule is CC(C)(C)OC(=O)CCC(NC(=O)CNC(=O)OCC1c2ccccc2-c2ccccc21)C(=O)O. The molecule has 0 radical (unpaired) electrons. The van der Waals surface area contributed by atoms with Crippen LogP contribution in [0.25, 0.3) is 11.1 Å². The van der Waals surface area contributed by atoms with Gasteiger partial charge in [0.2, 0.25) is 5.91 Å². The molecule has 0 aromatic heterocycles. The van der Waals surface area contributed by atoms with Gasteiger partial charge in [-0.15, -0.1) is 0 Å². The second-order valence-corrected chi connectivity index (χ2v) is 9.26. The Labute approximate surface area is 203 Å². The van der Waals surface area contributed by atoms with Crippen LogP contribution in [0.5, 0.6) is 0 Å². The first-order valence-electron chi connectivity index (χ1n) is 11.4. The van der Waals surface area contributed by atoms with E-state index >= 15 is 0 Å². The summed E-state index contributed by atoms with van der Waals surface area (Å²) in [5.74, 6) is -2.68. The summed E-state index contributed by atoms with van der Waals surface area (Å²) in [7, 11) is 0. The van der Waals surface area contributed by atoms with Crippen LogP contribution in [0.1, 0.15) is 50.7 Å². The van der Waals surface area contributed by atoms with E-state index in [-0.39, 0.29) is 25.4 Å². The van der Waals surface area contributed by atoms with Gasteiger partial charge in [0, 0.05) is 12.3 Å². The second-order valence-electron chi connectivity index (χ2n) is 9.26. The number of carboxylic acid groups (broad SMARTS) is 1. The van der Waals surface area contributed by atoms with Crippen LogP contribution in [-0.2, 0) is 23.9 Å². The first-order valence-corrected chi connectivity index (χ1v) is 11.4. The van der Waals surface area contributed by atoms with Crippen molar-refractivity contribution in [3.05, 3.63) is 59.7 Å². The molecule has 0 spiro atoms. The molecular formula is C26H30N2O7. The van der Waals surface area contributed by atoms with Gasteiger partial charge in [0.15, 0.2) is 0 Å². The van der Waals surface area contributed by atoms with Crippen LogP contribution in [0.4, 0.5) is 4.79 Å². The minimum Gasteiger partial charge on any atom is -0.480 e. The van der Waals surface area contributed by atoms with E-state index in [2.05, 4.69) is 10.6 Å². The fourth-order valence-electron chi connectivity index (χ4n) is 3.96. The maximum absolute atomic E-state index is 12.2. The van der Waals surface area contributed by atoms with E-state index in [1.807, 2.05) is 48.5 Å². The molecule has 0 saturated carbocycles. The van der Waals surface area contributed by atoms with Crippen molar-refractivity contribution in [3.63, 3.8) is 0 Å². The number of aliphatic carboxylic acids is 1. The molecule has 2 aromatic carbocycles. The summed E-state index contributed by atoms with van der Waals surface area (Å²) in [6.07, 6.45) is -1.10. The fraction of sp³-hybridized carbons (Fsp3) is 0.385. The Hall–Kier alpha value is -3.88. The first-order chi connectivity index (χ1) is 16.5. The standard InChI is InChI=1S/C26H30N2O7/c1-26(2,3)35-23(30)13-12-21(24(31)32)28-22(29)14-27-25(33)34-15-20-18-10-6-4-8-16(18)17-9-5-7-11-19(17)20/h4-11,20-21H,12-15H2,1-3H3,(H,27,33)(H,28,29)(H,31,32). The quantitative estimate of drug-likeness (QED) is 0.468. The Morgan fingerprint density at radius 2 is 1.54 bits per heavy atom. The average Bonchev–Trinajstić information content (AvgIpc) is 3.11. The van der Waals surface area contributed by atoms with Gasteiger partial charge in [-0.1, -0.05) is 48.5 Å². The smallest absolute Gasteiger partial charge is 0.407 e. The van der Waals surface area contributed by atoms with Gasteiger partial charge in [0.05, 0.1) is 0 Å². The van der Waals surface area contributed by atoms with Crippen LogP contribution in [0.3, 0.4) is 0 Å². The predicted molar refractivity (Wildman–Crippen MR) is 128 cm³/mol. The summed E-state index contributed by atoms with van der Waals surface area (Å²) < 4.78 is 10.5. The fourth-order valence-corrected chi connectivity index (χ4v) is 3.96. The lowest BCUT2D eigenvalue weighted by molar-refractivity contribution is -0.155. The molecule has 2 amide bonds. The van der Waals surface area contributed by atoms with Gasteiger partial charge in [-0.3, -0.25) is 9.59 Å². The second kappa shape index (κ2) is 11.0. The molecule has 1 unspecified atom stereocenters. The third-order valence-electron chi connectivity index (χ3n) is 5.43. The van der Waals surface area contributed by atoms with E-state index in [4.69, 9.17) is 9.47 Å². The van der Waals surface area contributed by atoms with Crippen LogP contribution in [0.2, 0.25) is 0 Å². The highest BCUT2D eigenvalue weighted by Gasteiger charge is 2.29. The number of hydrogen-bond donors (Lipinski definition) is 3. The number of esters is 1. The van der Waals surface area contributed by atoms with Crippen LogP contribution < -0.4 is 10.6 Å². The molecule has 2 aromatic rings. The Kier molecular flexibility index (Phi) is 8.11. The molecule has 9 heteroatoms. The van der Waals surface area contributed by atoms with Crippen LogP contribution >= 0.6 is 0 Å². The summed E-state index contributed by atoms with van der Waals surface area (Å²) in [6, 6.07) is 14.5. The van der Waals surface area contributed by atoms with Gasteiger partial charge in [-0.25, -0.2) is 9.59 Å². The maximum atomic E-state index is 12.2. The number of carboxylic acids is 1. The third kappa shape index (κ3) is 7.05. The minimum absolute atomic E-state index is 0.0924. The topological polar surface area (TPSA) is 131 Å². The largest absolute Gasteiger partial charge is 0.480 e. The number of fused-ring (bicyclic) bond motifs is 3. The van der Waals surface area contributed by atoms with Crippen LogP contribution in [0.15, 0.2) is 48.5 Å². The van der Waals surface area contributed by atoms with Crippen molar-refractivity contribution in [2.75, 3.05) is 13.2 Å². The zero-order valence-corrected chi connectivity index (χ0v) is 20.0. The average molecular weight is 483 g/mol. The van der Waals surface area contributed by atoms with E-state index in [0.29, 0.717) is 0 Å². The Morgan fingerprint density at radius 3 is 2.09 bits per heavy atom. The van der Waals surface area contributed by atoms with E-state index < -0.39 is 42.1 Å². The monoisotopic (exact) mass is 482 g/mol. The lowest BCUT2D eigenvalue weighted by Gasteiger charge is -2.20. The molecule has 0 saturated heterocycles. The molecule has 3 rings (SSSR count). The summed E-state index contributed by atoms with van der Waals surface area (Å²) >= 11 is 0. The number of alkyl carbamates (subject to hydrolysis) is 1. The Morgan fingerprint density at radius 1 is 0.971 bits per heavy atom. The van der Waals surface area contributed by atoms with E-state index in [1.165, 1.54) is 0 Å². The summed E-state index contributed by atoms with van der Waals surface area (Å²) in [4.78, 5) is 47.6. The maximum Gasteiger partial charge on any atom is 0.407 e. The molecule has 0 aliphatic heterocycles.